The minimum Gasteiger partial charge on any atom is -0.481 e. The van der Waals surface area contributed by atoms with Crippen LogP contribution in [0.25, 0.3) is 0 Å². The average molecular weight is 245 g/mol. The van der Waals surface area contributed by atoms with Crippen LogP contribution in [0.3, 0.4) is 0 Å². The third-order valence-electron chi connectivity index (χ3n) is 2.90. The molecule has 0 radical (unpaired) electrons. The number of nitrogens with zero attached hydrogens (tertiary/aromatic N) is 3. The molecule has 0 unspecified atom stereocenters. The third-order valence-corrected chi connectivity index (χ3v) is 2.90. The quantitative estimate of drug-likeness (QED) is 0.818. The summed E-state index contributed by atoms with van der Waals surface area (Å²) in [4.78, 5) is 20.4. The van der Waals surface area contributed by atoms with Crippen molar-refractivity contribution in [3.8, 4) is 5.88 Å². The third kappa shape index (κ3) is 2.25. The Labute approximate surface area is 105 Å². The molecule has 2 aromatic heterocycles. The van der Waals surface area contributed by atoms with Crippen molar-refractivity contribution in [2.45, 2.75) is 20.4 Å². The number of ether oxygens (including phenoxy) is 1. The largest absolute Gasteiger partial charge is 0.481 e. The predicted octanol–water partition coefficient (Wildman–Crippen LogP) is 1.31. The molecule has 0 amide bonds. The fourth-order valence-electron chi connectivity index (χ4n) is 1.70. The number of pyridine rings is 1. The molecule has 0 N–H and O–H groups in total. The lowest BCUT2D eigenvalue weighted by Gasteiger charge is -2.10. The van der Waals surface area contributed by atoms with E-state index in [-0.39, 0.29) is 5.56 Å². The van der Waals surface area contributed by atoms with Gasteiger partial charge in [-0.3, -0.25) is 9.36 Å². The molecule has 0 fully saturated rings. The molecule has 5 heteroatoms. The van der Waals surface area contributed by atoms with Gasteiger partial charge in [-0.1, -0.05) is 6.07 Å². The summed E-state index contributed by atoms with van der Waals surface area (Å²) in [5.74, 6) is 0.530. The van der Waals surface area contributed by atoms with Gasteiger partial charge >= 0.3 is 0 Å². The highest BCUT2D eigenvalue weighted by molar-refractivity contribution is 5.26. The highest BCUT2D eigenvalue weighted by Crippen LogP contribution is 2.14. The molecule has 2 heterocycles. The standard InChI is InChI=1S/C13H15N3O2/c1-9-10(2)15-8-16(13(9)17)7-11-5-4-6-14-12(11)18-3/h4-6,8H,7H2,1-3H3. The van der Waals surface area contributed by atoms with E-state index in [2.05, 4.69) is 9.97 Å². The lowest BCUT2D eigenvalue weighted by Crippen LogP contribution is -2.24. The van der Waals surface area contributed by atoms with Crippen molar-refractivity contribution in [1.29, 1.82) is 0 Å². The molecular weight excluding hydrogens is 230 g/mol. The number of aromatic nitrogens is 3. The molecule has 0 aromatic carbocycles. The number of rotatable bonds is 3. The summed E-state index contributed by atoms with van der Waals surface area (Å²) in [6, 6.07) is 3.70. The van der Waals surface area contributed by atoms with Gasteiger partial charge in [0.2, 0.25) is 5.88 Å². The Kier molecular flexibility index (Phi) is 3.41. The van der Waals surface area contributed by atoms with Crippen LogP contribution in [0.15, 0.2) is 29.5 Å². The first-order valence-electron chi connectivity index (χ1n) is 5.64. The summed E-state index contributed by atoms with van der Waals surface area (Å²) in [5.41, 5.74) is 2.25. The zero-order valence-corrected chi connectivity index (χ0v) is 10.7. The maximum absolute atomic E-state index is 12.1. The molecule has 5 nitrogen and oxygen atoms in total. The van der Waals surface area contributed by atoms with Crippen LogP contribution in [0.1, 0.15) is 16.8 Å². The summed E-state index contributed by atoms with van der Waals surface area (Å²) in [6.07, 6.45) is 3.21. The van der Waals surface area contributed by atoms with E-state index in [9.17, 15) is 4.79 Å². The van der Waals surface area contributed by atoms with Crippen LogP contribution in [-0.2, 0) is 6.54 Å². The Morgan fingerprint density at radius 1 is 1.33 bits per heavy atom. The summed E-state index contributed by atoms with van der Waals surface area (Å²) >= 11 is 0. The minimum atomic E-state index is -0.0339. The SMILES string of the molecule is COc1ncccc1Cn1cnc(C)c(C)c1=O. The number of aryl methyl sites for hydroxylation is 1. The monoisotopic (exact) mass is 245 g/mol. The molecule has 2 aromatic rings. The Hall–Kier alpha value is -2.17. The van der Waals surface area contributed by atoms with Gasteiger partial charge in [-0.15, -0.1) is 0 Å². The van der Waals surface area contributed by atoms with Crippen molar-refractivity contribution in [2.75, 3.05) is 7.11 Å². The van der Waals surface area contributed by atoms with Crippen LogP contribution >= 0.6 is 0 Å². The summed E-state index contributed by atoms with van der Waals surface area (Å²) < 4.78 is 6.72. The van der Waals surface area contributed by atoms with Crippen molar-refractivity contribution in [3.63, 3.8) is 0 Å². The molecule has 0 aliphatic rings. The zero-order valence-electron chi connectivity index (χ0n) is 10.7. The molecule has 18 heavy (non-hydrogen) atoms. The maximum atomic E-state index is 12.1. The van der Waals surface area contributed by atoms with E-state index in [1.165, 1.54) is 0 Å². The van der Waals surface area contributed by atoms with Crippen LogP contribution in [0.2, 0.25) is 0 Å². The van der Waals surface area contributed by atoms with Gasteiger partial charge in [-0.2, -0.15) is 0 Å². The molecule has 94 valence electrons. The van der Waals surface area contributed by atoms with Crippen LogP contribution in [-0.4, -0.2) is 21.6 Å². The van der Waals surface area contributed by atoms with E-state index in [1.807, 2.05) is 19.1 Å². The smallest absolute Gasteiger partial charge is 0.256 e. The summed E-state index contributed by atoms with van der Waals surface area (Å²) in [7, 11) is 1.56. The van der Waals surface area contributed by atoms with Crippen LogP contribution in [0, 0.1) is 13.8 Å². The van der Waals surface area contributed by atoms with E-state index in [0.29, 0.717) is 18.0 Å². The molecule has 2 rings (SSSR count). The lowest BCUT2D eigenvalue weighted by molar-refractivity contribution is 0.391. The van der Waals surface area contributed by atoms with Crippen molar-refractivity contribution in [1.82, 2.24) is 14.5 Å². The topological polar surface area (TPSA) is 57.0 Å². The first-order chi connectivity index (χ1) is 8.63. The van der Waals surface area contributed by atoms with E-state index >= 15 is 0 Å². The van der Waals surface area contributed by atoms with Crippen molar-refractivity contribution >= 4 is 0 Å². The first kappa shape index (κ1) is 12.3. The minimum absolute atomic E-state index is 0.0339. The van der Waals surface area contributed by atoms with Gasteiger partial charge in [-0.05, 0) is 19.9 Å². The fraction of sp³-hybridized carbons (Fsp3) is 0.308. The van der Waals surface area contributed by atoms with Gasteiger partial charge in [0.1, 0.15) is 0 Å². The normalized spacial score (nSPS) is 10.4. The molecule has 0 aliphatic carbocycles. The van der Waals surface area contributed by atoms with Crippen LogP contribution in [0.5, 0.6) is 5.88 Å². The highest BCUT2D eigenvalue weighted by Gasteiger charge is 2.08. The molecule has 0 spiro atoms. The first-order valence-corrected chi connectivity index (χ1v) is 5.64. The lowest BCUT2D eigenvalue weighted by atomic mass is 10.2. The van der Waals surface area contributed by atoms with Gasteiger partial charge in [-0.25, -0.2) is 9.97 Å². The predicted molar refractivity (Wildman–Crippen MR) is 67.9 cm³/mol. The molecule has 0 aliphatic heterocycles. The van der Waals surface area contributed by atoms with Crippen LogP contribution < -0.4 is 10.3 Å². The van der Waals surface area contributed by atoms with Crippen LogP contribution in [0.4, 0.5) is 0 Å². The maximum Gasteiger partial charge on any atom is 0.256 e. The van der Waals surface area contributed by atoms with Gasteiger partial charge in [0, 0.05) is 23.0 Å². The Bertz CT molecular complexity index is 620. The fourth-order valence-corrected chi connectivity index (χ4v) is 1.70. The molecular formula is C13H15N3O2. The number of hydrogen-bond donors (Lipinski definition) is 0. The van der Waals surface area contributed by atoms with Crippen molar-refractivity contribution in [2.24, 2.45) is 0 Å². The van der Waals surface area contributed by atoms with Gasteiger partial charge in [0.25, 0.3) is 5.56 Å². The summed E-state index contributed by atoms with van der Waals surface area (Å²) in [5, 5.41) is 0. The Balaban J connectivity index is 2.41. The van der Waals surface area contributed by atoms with Crippen molar-refractivity contribution < 1.29 is 4.74 Å². The van der Waals surface area contributed by atoms with E-state index in [0.717, 1.165) is 11.3 Å². The van der Waals surface area contributed by atoms with Crippen molar-refractivity contribution in [3.05, 3.63) is 51.8 Å². The second-order valence-electron chi connectivity index (χ2n) is 4.06. The van der Waals surface area contributed by atoms with E-state index in [4.69, 9.17) is 4.74 Å². The number of methoxy groups -OCH3 is 1. The Morgan fingerprint density at radius 3 is 2.83 bits per heavy atom. The molecule has 0 saturated carbocycles. The molecule has 0 bridgehead atoms. The second-order valence-corrected chi connectivity index (χ2v) is 4.06. The molecule has 0 atom stereocenters. The van der Waals surface area contributed by atoms with E-state index in [1.54, 1.807) is 31.1 Å². The van der Waals surface area contributed by atoms with E-state index < -0.39 is 0 Å². The Morgan fingerprint density at radius 2 is 2.11 bits per heavy atom. The van der Waals surface area contributed by atoms with Gasteiger partial charge in [0.05, 0.1) is 20.0 Å². The number of hydrogen-bond acceptors (Lipinski definition) is 4. The second kappa shape index (κ2) is 5.00. The average Bonchev–Trinajstić information content (AvgIpc) is 2.40. The van der Waals surface area contributed by atoms with Gasteiger partial charge in [0.15, 0.2) is 0 Å². The molecule has 0 saturated heterocycles. The zero-order chi connectivity index (χ0) is 13.1. The van der Waals surface area contributed by atoms with Gasteiger partial charge < -0.3 is 4.74 Å². The summed E-state index contributed by atoms with van der Waals surface area (Å²) in [6.45, 7) is 4.01. The highest BCUT2D eigenvalue weighted by atomic mass is 16.5.